The van der Waals surface area contributed by atoms with Crippen LogP contribution in [-0.4, -0.2) is 10.6 Å². The molecule has 0 amide bonds. The van der Waals surface area contributed by atoms with Crippen LogP contribution in [-0.2, 0) is 11.2 Å². The summed E-state index contributed by atoms with van der Waals surface area (Å²) in [6.45, 7) is 3.84. The van der Waals surface area contributed by atoms with Crippen LogP contribution >= 0.6 is 63.7 Å². The van der Waals surface area contributed by atoms with Crippen LogP contribution in [0.15, 0.2) is 25.6 Å². The number of hydrogen-bond donors (Lipinski definition) is 0. The summed E-state index contributed by atoms with van der Waals surface area (Å²) in [4.78, 5) is 11.7. The molecule has 0 radical (unpaired) electrons. The van der Waals surface area contributed by atoms with Gasteiger partial charge < -0.3 is 0 Å². The third-order valence-corrected chi connectivity index (χ3v) is 5.01. The van der Waals surface area contributed by atoms with E-state index in [2.05, 4.69) is 63.7 Å². The molecule has 0 saturated carbocycles. The molecule has 17 heavy (non-hydrogen) atoms. The zero-order valence-corrected chi connectivity index (χ0v) is 15.8. The Bertz CT molecular complexity index is 406. The van der Waals surface area contributed by atoms with Crippen molar-refractivity contribution in [2.24, 2.45) is 5.92 Å². The Morgan fingerprint density at radius 1 is 1.18 bits per heavy atom. The monoisotopic (exact) mass is 488 g/mol. The number of alkyl halides is 1. The topological polar surface area (TPSA) is 17.1 Å². The van der Waals surface area contributed by atoms with Crippen LogP contribution in [0.3, 0.4) is 0 Å². The lowest BCUT2D eigenvalue weighted by atomic mass is 10.0. The number of Topliss-reactive ketones (excluding diaryl/α,β-unsaturated/α-hetero) is 1. The van der Waals surface area contributed by atoms with E-state index in [1.807, 2.05) is 26.0 Å². The molecule has 0 aliphatic heterocycles. The average molecular weight is 492 g/mol. The second kappa shape index (κ2) is 6.83. The number of carbonyl (C=O) groups is 1. The van der Waals surface area contributed by atoms with Gasteiger partial charge in [-0.2, -0.15) is 0 Å². The Kier molecular flexibility index (Phi) is 6.37. The van der Waals surface area contributed by atoms with Crippen molar-refractivity contribution >= 4 is 69.5 Å². The van der Waals surface area contributed by atoms with Crippen molar-refractivity contribution in [3.05, 3.63) is 31.1 Å². The zero-order chi connectivity index (χ0) is 13.2. The van der Waals surface area contributed by atoms with Crippen molar-refractivity contribution in [2.75, 3.05) is 0 Å². The molecular formula is C12H12Br4O. The Labute approximate surface area is 135 Å². The lowest BCUT2D eigenvalue weighted by Crippen LogP contribution is -2.22. The molecule has 0 aliphatic carbocycles. The fourth-order valence-electron chi connectivity index (χ4n) is 1.41. The normalized spacial score (nSPS) is 12.9. The molecule has 0 aliphatic rings. The van der Waals surface area contributed by atoms with E-state index < -0.39 is 0 Å². The minimum absolute atomic E-state index is 0.0485. The highest BCUT2D eigenvalue weighted by Crippen LogP contribution is 2.32. The molecule has 0 spiro atoms. The number of rotatable bonds is 4. The van der Waals surface area contributed by atoms with Gasteiger partial charge in [-0.15, -0.1) is 0 Å². The number of ketones is 1. The molecule has 94 valence electrons. The second-order valence-electron chi connectivity index (χ2n) is 4.08. The first-order chi connectivity index (χ1) is 7.82. The van der Waals surface area contributed by atoms with Gasteiger partial charge in [-0.3, -0.25) is 4.79 Å². The van der Waals surface area contributed by atoms with E-state index in [0.717, 1.165) is 19.0 Å². The van der Waals surface area contributed by atoms with E-state index in [1.165, 1.54) is 0 Å². The van der Waals surface area contributed by atoms with Gasteiger partial charge in [-0.05, 0) is 24.1 Å². The summed E-state index contributed by atoms with van der Waals surface area (Å²) in [5, 5.41) is 0. The van der Waals surface area contributed by atoms with E-state index >= 15 is 0 Å². The standard InChI is InChI=1S/C12H12Br4O/c1-6(2)12(17)11(16)5-8-9(14)3-7(13)4-10(8)15/h3-4,6,11H,5H2,1-2H3. The van der Waals surface area contributed by atoms with Crippen LogP contribution < -0.4 is 0 Å². The van der Waals surface area contributed by atoms with Crippen molar-refractivity contribution in [3.8, 4) is 0 Å². The van der Waals surface area contributed by atoms with E-state index in [4.69, 9.17) is 0 Å². The predicted octanol–water partition coefficient (Wildman–Crippen LogP) is 5.51. The summed E-state index contributed by atoms with van der Waals surface area (Å²) in [5.74, 6) is 0.277. The van der Waals surface area contributed by atoms with Gasteiger partial charge in [0, 0.05) is 19.3 Å². The number of hydrogen-bond acceptors (Lipinski definition) is 1. The highest BCUT2D eigenvalue weighted by atomic mass is 79.9. The largest absolute Gasteiger partial charge is 0.298 e. The first kappa shape index (κ1) is 15.9. The highest BCUT2D eigenvalue weighted by Gasteiger charge is 2.20. The molecule has 0 bridgehead atoms. The number of carbonyl (C=O) groups excluding carboxylic acids is 1. The molecule has 0 fully saturated rings. The quantitative estimate of drug-likeness (QED) is 0.508. The van der Waals surface area contributed by atoms with Gasteiger partial charge in [0.15, 0.2) is 0 Å². The Balaban J connectivity index is 2.92. The lowest BCUT2D eigenvalue weighted by Gasteiger charge is -2.14. The molecule has 0 N–H and O–H groups in total. The molecule has 1 unspecified atom stereocenters. The molecule has 1 rings (SSSR count). The first-order valence-electron chi connectivity index (χ1n) is 5.14. The Morgan fingerprint density at radius 3 is 2.06 bits per heavy atom. The third kappa shape index (κ3) is 4.44. The minimum Gasteiger partial charge on any atom is -0.298 e. The van der Waals surface area contributed by atoms with Crippen molar-refractivity contribution in [3.63, 3.8) is 0 Å². The molecule has 1 atom stereocenters. The maximum absolute atomic E-state index is 11.8. The Morgan fingerprint density at radius 2 is 1.65 bits per heavy atom. The molecule has 0 heterocycles. The summed E-state index contributed by atoms with van der Waals surface area (Å²) in [6, 6.07) is 3.97. The zero-order valence-electron chi connectivity index (χ0n) is 9.44. The van der Waals surface area contributed by atoms with Gasteiger partial charge in [-0.1, -0.05) is 77.6 Å². The van der Waals surface area contributed by atoms with Gasteiger partial charge >= 0.3 is 0 Å². The van der Waals surface area contributed by atoms with Gasteiger partial charge in [0.2, 0.25) is 0 Å². The SMILES string of the molecule is CC(C)C(=O)C(Br)Cc1c(Br)cc(Br)cc1Br. The summed E-state index contributed by atoms with van der Waals surface area (Å²) in [6.07, 6.45) is 0.672. The smallest absolute Gasteiger partial charge is 0.149 e. The van der Waals surface area contributed by atoms with Crippen LogP contribution in [0.5, 0.6) is 0 Å². The van der Waals surface area contributed by atoms with E-state index in [-0.39, 0.29) is 16.5 Å². The van der Waals surface area contributed by atoms with Crippen LogP contribution in [0.4, 0.5) is 0 Å². The van der Waals surface area contributed by atoms with Gasteiger partial charge in [-0.25, -0.2) is 0 Å². The maximum atomic E-state index is 11.8. The van der Waals surface area contributed by atoms with Crippen LogP contribution in [0.2, 0.25) is 0 Å². The third-order valence-electron chi connectivity index (χ3n) is 2.37. The van der Waals surface area contributed by atoms with Crippen LogP contribution in [0.25, 0.3) is 0 Å². The summed E-state index contributed by atoms with van der Waals surface area (Å²) >= 11 is 13.9. The molecule has 1 aromatic rings. The summed E-state index contributed by atoms with van der Waals surface area (Å²) in [7, 11) is 0. The van der Waals surface area contributed by atoms with E-state index in [9.17, 15) is 4.79 Å². The van der Waals surface area contributed by atoms with E-state index in [0.29, 0.717) is 6.42 Å². The van der Waals surface area contributed by atoms with Crippen molar-refractivity contribution in [1.29, 1.82) is 0 Å². The molecule has 0 aromatic heterocycles. The molecule has 0 saturated heterocycles. The minimum atomic E-state index is -0.142. The fraction of sp³-hybridized carbons (Fsp3) is 0.417. The van der Waals surface area contributed by atoms with E-state index in [1.54, 1.807) is 0 Å². The van der Waals surface area contributed by atoms with Crippen LogP contribution in [0.1, 0.15) is 19.4 Å². The second-order valence-corrected chi connectivity index (χ2v) is 7.81. The molecular weight excluding hydrogens is 480 g/mol. The van der Waals surface area contributed by atoms with Crippen LogP contribution in [0, 0.1) is 5.92 Å². The molecule has 1 aromatic carbocycles. The van der Waals surface area contributed by atoms with Crippen molar-refractivity contribution in [2.45, 2.75) is 25.1 Å². The van der Waals surface area contributed by atoms with Crippen molar-refractivity contribution in [1.82, 2.24) is 0 Å². The molecule has 1 nitrogen and oxygen atoms in total. The highest BCUT2D eigenvalue weighted by molar-refractivity contribution is 9.11. The Hall–Kier alpha value is 0.810. The fourth-order valence-corrected chi connectivity index (χ4v) is 4.84. The molecule has 5 heteroatoms. The maximum Gasteiger partial charge on any atom is 0.149 e. The number of benzene rings is 1. The van der Waals surface area contributed by atoms with Crippen molar-refractivity contribution < 1.29 is 4.79 Å². The summed E-state index contributed by atoms with van der Waals surface area (Å²) < 4.78 is 3.00. The van der Waals surface area contributed by atoms with Gasteiger partial charge in [0.25, 0.3) is 0 Å². The number of halogens is 4. The van der Waals surface area contributed by atoms with Gasteiger partial charge in [0.1, 0.15) is 5.78 Å². The lowest BCUT2D eigenvalue weighted by molar-refractivity contribution is -0.121. The van der Waals surface area contributed by atoms with Gasteiger partial charge in [0.05, 0.1) is 4.83 Å². The average Bonchev–Trinajstić information content (AvgIpc) is 2.21. The summed E-state index contributed by atoms with van der Waals surface area (Å²) in [5.41, 5.74) is 1.10. The first-order valence-corrected chi connectivity index (χ1v) is 8.43. The predicted molar refractivity (Wildman–Crippen MR) is 85.8 cm³/mol.